The number of hydrogen-bond acceptors (Lipinski definition) is 4. The maximum atomic E-state index is 5.76. The summed E-state index contributed by atoms with van der Waals surface area (Å²) in [6, 6.07) is 18.7. The van der Waals surface area contributed by atoms with E-state index in [1.165, 1.54) is 10.4 Å². The minimum absolute atomic E-state index is 0.00131. The molecule has 152 valence electrons. The number of fused-ring (bicyclic) bond motifs is 1. The van der Waals surface area contributed by atoms with Gasteiger partial charge in [0.25, 0.3) is 0 Å². The zero-order valence-electron chi connectivity index (χ0n) is 16.7. The molecule has 0 radical (unpaired) electrons. The van der Waals surface area contributed by atoms with Crippen LogP contribution in [-0.2, 0) is 0 Å². The van der Waals surface area contributed by atoms with Crippen molar-refractivity contribution >= 4 is 38.9 Å². The number of aromatic nitrogens is 3. The Morgan fingerprint density at radius 1 is 1.10 bits per heavy atom. The Hall–Kier alpha value is -2.77. The van der Waals surface area contributed by atoms with Crippen molar-refractivity contribution in [2.24, 2.45) is 0 Å². The molecule has 3 aromatic heterocycles. The number of benzene rings is 1. The van der Waals surface area contributed by atoms with Crippen LogP contribution in [0, 0.1) is 0 Å². The van der Waals surface area contributed by atoms with Gasteiger partial charge in [-0.3, -0.25) is 9.55 Å². The summed E-state index contributed by atoms with van der Waals surface area (Å²) in [6.45, 7) is 3.13. The Balaban J connectivity index is 1.60. The van der Waals surface area contributed by atoms with Gasteiger partial charge in [0.1, 0.15) is 0 Å². The normalized spacial score (nSPS) is 18.8. The molecule has 1 saturated heterocycles. The number of para-hydroxylation sites is 1. The van der Waals surface area contributed by atoms with Gasteiger partial charge in [-0.05, 0) is 55.0 Å². The van der Waals surface area contributed by atoms with E-state index in [-0.39, 0.29) is 12.1 Å². The smallest absolute Gasteiger partial charge is 0.194 e. The van der Waals surface area contributed by atoms with Crippen LogP contribution in [0.1, 0.15) is 43.2 Å². The third kappa shape index (κ3) is 3.38. The number of hydrogen-bond donors (Lipinski definition) is 1. The molecule has 4 aromatic rings. The molecule has 0 unspecified atom stereocenters. The summed E-state index contributed by atoms with van der Waals surface area (Å²) in [5, 5.41) is 5.31. The first-order chi connectivity index (χ1) is 14.8. The Morgan fingerprint density at radius 2 is 1.97 bits per heavy atom. The van der Waals surface area contributed by atoms with Crippen LogP contribution >= 0.6 is 23.6 Å². The van der Waals surface area contributed by atoms with Gasteiger partial charge in [-0.1, -0.05) is 42.9 Å². The molecule has 7 heteroatoms. The minimum atomic E-state index is -0.00131. The fourth-order valence-electron chi connectivity index (χ4n) is 4.07. The zero-order valence-corrected chi connectivity index (χ0v) is 18.4. The molecule has 0 amide bonds. The van der Waals surface area contributed by atoms with E-state index in [0.717, 1.165) is 40.8 Å². The molecule has 0 bridgehead atoms. The molecule has 1 fully saturated rings. The third-order valence-electron chi connectivity index (χ3n) is 5.52. The van der Waals surface area contributed by atoms with Gasteiger partial charge < -0.3 is 10.2 Å². The van der Waals surface area contributed by atoms with Crippen LogP contribution < -0.4 is 5.32 Å². The lowest BCUT2D eigenvalue weighted by atomic mass is 10.0. The first-order valence-corrected chi connectivity index (χ1v) is 11.5. The van der Waals surface area contributed by atoms with Crippen molar-refractivity contribution in [2.75, 3.05) is 6.54 Å². The average Bonchev–Trinajstić information content (AvgIpc) is 3.49. The summed E-state index contributed by atoms with van der Waals surface area (Å²) < 4.78 is 3.40. The first-order valence-electron chi connectivity index (χ1n) is 10.3. The van der Waals surface area contributed by atoms with Gasteiger partial charge in [0.15, 0.2) is 10.2 Å². The molecular formula is C23H23N5S2. The van der Waals surface area contributed by atoms with E-state index in [4.69, 9.17) is 17.2 Å². The van der Waals surface area contributed by atoms with Crippen molar-refractivity contribution in [3.8, 4) is 5.13 Å². The Morgan fingerprint density at radius 3 is 2.77 bits per heavy atom. The van der Waals surface area contributed by atoms with E-state index in [2.05, 4.69) is 69.3 Å². The van der Waals surface area contributed by atoms with Gasteiger partial charge in [0, 0.05) is 18.9 Å². The second kappa shape index (κ2) is 8.16. The van der Waals surface area contributed by atoms with Crippen molar-refractivity contribution in [1.82, 2.24) is 24.8 Å². The summed E-state index contributed by atoms with van der Waals surface area (Å²) >= 11 is 7.47. The topological polar surface area (TPSA) is 46.0 Å². The summed E-state index contributed by atoms with van der Waals surface area (Å²) in [6.07, 6.45) is 6.16. The number of thiocarbonyl (C=S) groups is 1. The molecule has 0 aliphatic carbocycles. The maximum Gasteiger partial charge on any atom is 0.194 e. The average molecular weight is 434 g/mol. The van der Waals surface area contributed by atoms with E-state index >= 15 is 0 Å². The molecule has 0 saturated carbocycles. The quantitative estimate of drug-likeness (QED) is 0.421. The second-order valence-electron chi connectivity index (χ2n) is 7.44. The maximum absolute atomic E-state index is 5.76. The van der Waals surface area contributed by atoms with Gasteiger partial charge in [-0.15, -0.1) is 0 Å². The fourth-order valence-corrected chi connectivity index (χ4v) is 5.37. The van der Waals surface area contributed by atoms with Gasteiger partial charge in [-0.2, -0.15) is 0 Å². The zero-order chi connectivity index (χ0) is 20.5. The van der Waals surface area contributed by atoms with Crippen LogP contribution in [-0.4, -0.2) is 31.1 Å². The van der Waals surface area contributed by atoms with Gasteiger partial charge in [0.2, 0.25) is 0 Å². The SMILES string of the molecule is CCCCN1C(=S)N[C@@H](c2ccccn2)[C@H]1c1cccn1-c1nc2ccccc2s1. The lowest BCUT2D eigenvalue weighted by Gasteiger charge is -2.28. The van der Waals surface area contributed by atoms with Crippen molar-refractivity contribution in [3.05, 3.63) is 78.4 Å². The molecule has 4 heterocycles. The van der Waals surface area contributed by atoms with Gasteiger partial charge in [0.05, 0.1) is 33.7 Å². The van der Waals surface area contributed by atoms with Crippen molar-refractivity contribution < 1.29 is 0 Å². The van der Waals surface area contributed by atoms with Crippen molar-refractivity contribution in [3.63, 3.8) is 0 Å². The molecule has 1 aliphatic rings. The molecule has 0 spiro atoms. The van der Waals surface area contributed by atoms with E-state index in [1.54, 1.807) is 11.3 Å². The highest BCUT2D eigenvalue weighted by Crippen LogP contribution is 2.40. The summed E-state index contributed by atoms with van der Waals surface area (Å²) in [4.78, 5) is 11.8. The highest BCUT2D eigenvalue weighted by atomic mass is 32.1. The van der Waals surface area contributed by atoms with Crippen LogP contribution in [0.4, 0.5) is 0 Å². The number of rotatable bonds is 6. The minimum Gasteiger partial charge on any atom is -0.352 e. The third-order valence-corrected chi connectivity index (χ3v) is 6.91. The summed E-state index contributed by atoms with van der Waals surface area (Å²) in [5.74, 6) is 0. The number of thiazole rings is 1. The lowest BCUT2D eigenvalue weighted by molar-refractivity contribution is 0.304. The molecule has 1 aromatic carbocycles. The Kier molecular flexibility index (Phi) is 5.23. The Bertz CT molecular complexity index is 1130. The molecule has 30 heavy (non-hydrogen) atoms. The Labute approximate surface area is 185 Å². The van der Waals surface area contributed by atoms with E-state index in [9.17, 15) is 0 Å². The molecule has 2 atom stereocenters. The second-order valence-corrected chi connectivity index (χ2v) is 8.84. The monoisotopic (exact) mass is 433 g/mol. The van der Waals surface area contributed by atoms with Crippen LogP contribution in [0.25, 0.3) is 15.3 Å². The van der Waals surface area contributed by atoms with E-state index < -0.39 is 0 Å². The molecule has 1 N–H and O–H groups in total. The highest BCUT2D eigenvalue weighted by Gasteiger charge is 2.41. The molecule has 5 rings (SSSR count). The lowest BCUT2D eigenvalue weighted by Crippen LogP contribution is -2.31. The molecule has 1 aliphatic heterocycles. The van der Waals surface area contributed by atoms with Crippen molar-refractivity contribution in [2.45, 2.75) is 31.8 Å². The predicted molar refractivity (Wildman–Crippen MR) is 126 cm³/mol. The van der Waals surface area contributed by atoms with Crippen molar-refractivity contribution in [1.29, 1.82) is 0 Å². The highest BCUT2D eigenvalue weighted by molar-refractivity contribution is 7.80. The van der Waals surface area contributed by atoms with E-state index in [0.29, 0.717) is 0 Å². The van der Waals surface area contributed by atoms with E-state index in [1.807, 2.05) is 24.4 Å². The fraction of sp³-hybridized carbons (Fsp3) is 0.261. The molecule has 5 nitrogen and oxygen atoms in total. The number of nitrogens with zero attached hydrogens (tertiary/aromatic N) is 4. The number of pyridine rings is 1. The number of unbranched alkanes of at least 4 members (excludes halogenated alkanes) is 1. The van der Waals surface area contributed by atoms with Crippen LogP contribution in [0.5, 0.6) is 0 Å². The molecular weight excluding hydrogens is 410 g/mol. The summed E-state index contributed by atoms with van der Waals surface area (Å²) in [7, 11) is 0. The van der Waals surface area contributed by atoms with Crippen LogP contribution in [0.2, 0.25) is 0 Å². The predicted octanol–water partition coefficient (Wildman–Crippen LogP) is 5.25. The van der Waals surface area contributed by atoms with Crippen LogP contribution in [0.15, 0.2) is 67.0 Å². The largest absolute Gasteiger partial charge is 0.352 e. The van der Waals surface area contributed by atoms with Gasteiger partial charge >= 0.3 is 0 Å². The first kappa shape index (κ1) is 19.2. The summed E-state index contributed by atoms with van der Waals surface area (Å²) in [5.41, 5.74) is 3.20. The van der Waals surface area contributed by atoms with Gasteiger partial charge in [-0.25, -0.2) is 4.98 Å². The van der Waals surface area contributed by atoms with Crippen LogP contribution in [0.3, 0.4) is 0 Å². The standard InChI is InChI=1S/C23H23N5S2/c1-2-3-14-28-21(20(26-22(28)29)17-10-6-7-13-24-17)18-11-8-15-27(18)23-25-16-9-4-5-12-19(16)30-23/h4-13,15,20-21H,2-3,14H2,1H3,(H,26,29)/t20-,21+/m0/s1. The number of nitrogens with one attached hydrogen (secondary N) is 1.